The third-order valence-electron chi connectivity index (χ3n) is 4.27. The molecule has 1 aliphatic heterocycles. The maximum atomic E-state index is 12.7. The van der Waals surface area contributed by atoms with Crippen LogP contribution in [0.4, 0.5) is 11.4 Å². The van der Waals surface area contributed by atoms with Crippen LogP contribution in [-0.4, -0.2) is 29.2 Å². The molecule has 0 radical (unpaired) electrons. The average Bonchev–Trinajstić information content (AvgIpc) is 3.02. The van der Waals surface area contributed by atoms with Gasteiger partial charge < -0.3 is 15.5 Å². The Hall–Kier alpha value is -2.67. The molecule has 7 heteroatoms. The molecule has 0 atom stereocenters. The monoisotopic (exact) mass is 429 g/mol. The summed E-state index contributed by atoms with van der Waals surface area (Å²) >= 11 is 3.37. The fourth-order valence-corrected chi connectivity index (χ4v) is 3.38. The molecule has 140 valence electrons. The zero-order valence-corrected chi connectivity index (χ0v) is 16.5. The second-order valence-corrected chi connectivity index (χ2v) is 7.36. The van der Waals surface area contributed by atoms with Crippen molar-refractivity contribution >= 4 is 45.0 Å². The molecule has 2 aromatic carbocycles. The van der Waals surface area contributed by atoms with Gasteiger partial charge in [0.05, 0.1) is 11.4 Å². The van der Waals surface area contributed by atoms with Crippen molar-refractivity contribution < 1.29 is 14.4 Å². The van der Waals surface area contributed by atoms with E-state index in [2.05, 4.69) is 26.6 Å². The van der Waals surface area contributed by atoms with Crippen LogP contribution in [0.5, 0.6) is 0 Å². The molecule has 1 heterocycles. The Morgan fingerprint density at radius 2 is 1.93 bits per heavy atom. The Kier molecular flexibility index (Phi) is 5.91. The first-order valence-electron chi connectivity index (χ1n) is 8.67. The van der Waals surface area contributed by atoms with E-state index in [9.17, 15) is 14.4 Å². The Labute approximate surface area is 166 Å². The smallest absolute Gasteiger partial charge is 0.255 e. The Bertz CT molecular complexity index is 898. The van der Waals surface area contributed by atoms with E-state index < -0.39 is 0 Å². The van der Waals surface area contributed by atoms with E-state index in [0.717, 1.165) is 23.0 Å². The fraction of sp³-hybridized carbons (Fsp3) is 0.250. The number of carbonyl (C=O) groups excluding carboxylic acids is 3. The van der Waals surface area contributed by atoms with Crippen LogP contribution in [0.1, 0.15) is 35.7 Å². The molecule has 3 amide bonds. The molecule has 0 spiro atoms. The van der Waals surface area contributed by atoms with Gasteiger partial charge in [-0.2, -0.15) is 0 Å². The number of anilines is 2. The van der Waals surface area contributed by atoms with Crippen LogP contribution < -0.4 is 10.6 Å². The summed E-state index contributed by atoms with van der Waals surface area (Å²) in [5, 5.41) is 5.54. The summed E-state index contributed by atoms with van der Waals surface area (Å²) in [7, 11) is 0. The predicted molar refractivity (Wildman–Crippen MR) is 107 cm³/mol. The number of likely N-dealkylation sites (tertiary alicyclic amines) is 1. The summed E-state index contributed by atoms with van der Waals surface area (Å²) in [5.74, 6) is -0.349. The topological polar surface area (TPSA) is 78.5 Å². The molecule has 0 unspecified atom stereocenters. The van der Waals surface area contributed by atoms with Crippen molar-refractivity contribution in [1.29, 1.82) is 0 Å². The number of rotatable bonds is 5. The quantitative estimate of drug-likeness (QED) is 0.758. The molecule has 3 rings (SSSR count). The number of nitrogens with one attached hydrogen (secondary N) is 2. The molecule has 6 nitrogen and oxygen atoms in total. The highest BCUT2D eigenvalue weighted by Gasteiger charge is 2.20. The molecule has 1 saturated heterocycles. The second kappa shape index (κ2) is 8.35. The van der Waals surface area contributed by atoms with Gasteiger partial charge in [-0.15, -0.1) is 0 Å². The number of hydrogen-bond donors (Lipinski definition) is 2. The molecular weight excluding hydrogens is 410 g/mol. The van der Waals surface area contributed by atoms with Gasteiger partial charge in [-0.25, -0.2) is 0 Å². The molecule has 2 N–H and O–H groups in total. The summed E-state index contributed by atoms with van der Waals surface area (Å²) in [5.41, 5.74) is 2.43. The van der Waals surface area contributed by atoms with E-state index in [1.54, 1.807) is 41.3 Å². The number of halogens is 1. The lowest BCUT2D eigenvalue weighted by atomic mass is 10.1. The Balaban J connectivity index is 1.77. The molecule has 2 aromatic rings. The summed E-state index contributed by atoms with van der Waals surface area (Å²) in [6.07, 6.45) is 1.48. The van der Waals surface area contributed by atoms with Gasteiger partial charge in [-0.1, -0.05) is 28.1 Å². The standard InChI is InChI=1S/C20H20BrN3O3/c1-13(25)22-17-8-7-16(21)11-18(17)23-20(27)15-5-2-4-14(10-15)12-24-9-3-6-19(24)26/h2,4-5,7-8,10-11H,3,6,9,12H2,1H3,(H,22,25)(H,23,27). The van der Waals surface area contributed by atoms with Crippen LogP contribution in [0, 0.1) is 0 Å². The van der Waals surface area contributed by atoms with Crippen molar-refractivity contribution in [3.8, 4) is 0 Å². The van der Waals surface area contributed by atoms with E-state index in [1.165, 1.54) is 6.92 Å². The maximum absolute atomic E-state index is 12.7. The van der Waals surface area contributed by atoms with E-state index >= 15 is 0 Å². The number of carbonyl (C=O) groups is 3. The van der Waals surface area contributed by atoms with Crippen LogP contribution >= 0.6 is 15.9 Å². The summed E-state index contributed by atoms with van der Waals surface area (Å²) in [6.45, 7) is 2.68. The molecule has 0 aliphatic carbocycles. The normalized spacial score (nSPS) is 13.6. The lowest BCUT2D eigenvalue weighted by Gasteiger charge is -2.16. The van der Waals surface area contributed by atoms with Crippen molar-refractivity contribution in [2.75, 3.05) is 17.2 Å². The van der Waals surface area contributed by atoms with E-state index in [-0.39, 0.29) is 17.7 Å². The minimum absolute atomic E-state index is 0.152. The zero-order chi connectivity index (χ0) is 19.4. The second-order valence-electron chi connectivity index (χ2n) is 6.44. The largest absolute Gasteiger partial charge is 0.338 e. The molecule has 1 aliphatic rings. The van der Waals surface area contributed by atoms with E-state index in [1.807, 2.05) is 6.07 Å². The SMILES string of the molecule is CC(=O)Nc1ccc(Br)cc1NC(=O)c1cccc(CN2CCCC2=O)c1. The van der Waals surface area contributed by atoms with Crippen molar-refractivity contribution in [1.82, 2.24) is 4.90 Å². The highest BCUT2D eigenvalue weighted by Crippen LogP contribution is 2.27. The average molecular weight is 430 g/mol. The number of benzene rings is 2. The predicted octanol–water partition coefficient (Wildman–Crippen LogP) is 3.78. The Morgan fingerprint density at radius 3 is 2.63 bits per heavy atom. The van der Waals surface area contributed by atoms with Crippen LogP contribution in [0.2, 0.25) is 0 Å². The third-order valence-corrected chi connectivity index (χ3v) is 4.77. The Morgan fingerprint density at radius 1 is 1.11 bits per heavy atom. The number of hydrogen-bond acceptors (Lipinski definition) is 3. The lowest BCUT2D eigenvalue weighted by molar-refractivity contribution is -0.128. The van der Waals surface area contributed by atoms with Crippen LogP contribution in [0.25, 0.3) is 0 Å². The van der Waals surface area contributed by atoms with E-state index in [0.29, 0.717) is 29.9 Å². The van der Waals surface area contributed by atoms with Gasteiger partial charge in [-0.3, -0.25) is 14.4 Å². The third kappa shape index (κ3) is 4.95. The lowest BCUT2D eigenvalue weighted by Crippen LogP contribution is -2.24. The van der Waals surface area contributed by atoms with Crippen LogP contribution in [0.15, 0.2) is 46.9 Å². The van der Waals surface area contributed by atoms with Gasteiger partial charge in [0.1, 0.15) is 0 Å². The number of amides is 3. The first-order chi connectivity index (χ1) is 12.9. The van der Waals surface area contributed by atoms with Crippen molar-refractivity contribution in [3.63, 3.8) is 0 Å². The summed E-state index contributed by atoms with van der Waals surface area (Å²) in [4.78, 5) is 37.7. The highest BCUT2D eigenvalue weighted by atomic mass is 79.9. The first-order valence-corrected chi connectivity index (χ1v) is 9.47. The fourth-order valence-electron chi connectivity index (χ4n) is 3.02. The van der Waals surface area contributed by atoms with Gasteiger partial charge in [-0.05, 0) is 42.3 Å². The first kappa shape index (κ1) is 19.1. The molecule has 0 aromatic heterocycles. The number of nitrogens with zero attached hydrogens (tertiary/aromatic N) is 1. The van der Waals surface area contributed by atoms with Crippen molar-refractivity contribution in [3.05, 3.63) is 58.1 Å². The molecule has 0 bridgehead atoms. The van der Waals surface area contributed by atoms with Crippen molar-refractivity contribution in [2.24, 2.45) is 0 Å². The molecule has 27 heavy (non-hydrogen) atoms. The van der Waals surface area contributed by atoms with Gasteiger partial charge in [0.2, 0.25) is 11.8 Å². The minimum Gasteiger partial charge on any atom is -0.338 e. The zero-order valence-electron chi connectivity index (χ0n) is 14.9. The van der Waals surface area contributed by atoms with Crippen molar-refractivity contribution in [2.45, 2.75) is 26.3 Å². The van der Waals surface area contributed by atoms with E-state index in [4.69, 9.17) is 0 Å². The van der Waals surface area contributed by atoms with Crippen LogP contribution in [0.3, 0.4) is 0 Å². The van der Waals surface area contributed by atoms with Gasteiger partial charge in [0, 0.05) is 36.5 Å². The molecular formula is C20H20BrN3O3. The van der Waals surface area contributed by atoms with Crippen LogP contribution in [-0.2, 0) is 16.1 Å². The maximum Gasteiger partial charge on any atom is 0.255 e. The summed E-state index contributed by atoms with van der Waals surface area (Å²) < 4.78 is 0.785. The van der Waals surface area contributed by atoms with Gasteiger partial charge >= 0.3 is 0 Å². The minimum atomic E-state index is -0.283. The van der Waals surface area contributed by atoms with Gasteiger partial charge in [0.15, 0.2) is 0 Å². The summed E-state index contributed by atoms with van der Waals surface area (Å²) in [6, 6.07) is 12.5. The molecule has 0 saturated carbocycles. The van der Waals surface area contributed by atoms with Gasteiger partial charge in [0.25, 0.3) is 5.91 Å². The molecule has 1 fully saturated rings. The highest BCUT2D eigenvalue weighted by molar-refractivity contribution is 9.10.